The average Bonchev–Trinajstić information content (AvgIpc) is 2.67. The van der Waals surface area contributed by atoms with Crippen LogP contribution in [0.3, 0.4) is 0 Å². The number of methoxy groups -OCH3 is 3. The monoisotopic (exact) mass is 357 g/mol. The zero-order valence-corrected chi connectivity index (χ0v) is 16.1. The first-order chi connectivity index (χ1) is 12.6. The van der Waals surface area contributed by atoms with Crippen LogP contribution in [0.25, 0.3) is 0 Å². The Bertz CT molecular complexity index is 731. The van der Waals surface area contributed by atoms with Gasteiger partial charge in [-0.05, 0) is 11.6 Å². The molecule has 0 aliphatic heterocycles. The summed E-state index contributed by atoms with van der Waals surface area (Å²) in [5.74, 6) is 2.83. The summed E-state index contributed by atoms with van der Waals surface area (Å²) in [6.07, 6.45) is 0. The normalized spacial score (nSPS) is 11.0. The van der Waals surface area contributed by atoms with Gasteiger partial charge in [0.05, 0.1) is 27.9 Å². The number of hydrogen-bond acceptors (Lipinski definition) is 4. The van der Waals surface area contributed by atoms with Gasteiger partial charge in [-0.2, -0.15) is 0 Å². The Morgan fingerprint density at radius 3 is 2.12 bits per heavy atom. The van der Waals surface area contributed by atoms with Crippen LogP contribution in [0.2, 0.25) is 0 Å². The smallest absolute Gasteiger partial charge is 0.194 e. The van der Waals surface area contributed by atoms with E-state index in [1.807, 2.05) is 49.3 Å². The number of rotatable bonds is 7. The molecule has 140 valence electrons. The maximum Gasteiger partial charge on any atom is 0.194 e. The van der Waals surface area contributed by atoms with Gasteiger partial charge in [0.1, 0.15) is 5.75 Å². The lowest BCUT2D eigenvalue weighted by molar-refractivity contribution is 0.347. The molecule has 2 aromatic rings. The van der Waals surface area contributed by atoms with Crippen molar-refractivity contribution in [3.8, 4) is 17.2 Å². The molecule has 0 aliphatic rings. The Morgan fingerprint density at radius 1 is 0.923 bits per heavy atom. The van der Waals surface area contributed by atoms with Crippen LogP contribution in [0.1, 0.15) is 11.1 Å². The summed E-state index contributed by atoms with van der Waals surface area (Å²) >= 11 is 0. The molecular formula is C20H27N3O3. The third-order valence-electron chi connectivity index (χ3n) is 3.90. The fraction of sp³-hybridized carbons (Fsp3) is 0.350. The lowest BCUT2D eigenvalue weighted by atomic mass is 10.1. The van der Waals surface area contributed by atoms with Gasteiger partial charge in [-0.15, -0.1) is 0 Å². The molecule has 2 rings (SSSR count). The van der Waals surface area contributed by atoms with Crippen LogP contribution in [0.4, 0.5) is 0 Å². The number of nitrogens with one attached hydrogen (secondary N) is 1. The fourth-order valence-corrected chi connectivity index (χ4v) is 2.51. The number of hydrogen-bond donors (Lipinski definition) is 1. The molecule has 0 fully saturated rings. The highest BCUT2D eigenvalue weighted by Gasteiger charge is 2.12. The van der Waals surface area contributed by atoms with Crippen molar-refractivity contribution in [1.82, 2.24) is 10.2 Å². The van der Waals surface area contributed by atoms with E-state index >= 15 is 0 Å². The van der Waals surface area contributed by atoms with Gasteiger partial charge in [0.25, 0.3) is 0 Å². The Balaban J connectivity index is 2.15. The fourth-order valence-electron chi connectivity index (χ4n) is 2.51. The van der Waals surface area contributed by atoms with E-state index in [1.54, 1.807) is 21.3 Å². The third kappa shape index (κ3) is 5.05. The highest BCUT2D eigenvalue weighted by Crippen LogP contribution is 2.34. The van der Waals surface area contributed by atoms with Gasteiger partial charge in [-0.1, -0.05) is 30.3 Å². The highest BCUT2D eigenvalue weighted by molar-refractivity contribution is 5.79. The number of benzene rings is 2. The molecule has 0 unspecified atom stereocenters. The standard InChI is InChI=1S/C20H27N3O3/c1-23(2)20(21-13-15-9-7-6-8-10-15)22-14-16-11-18(25-4)19(26-5)12-17(16)24-3/h6-12H,13-14H2,1-5H3,(H,21,22). The quantitative estimate of drug-likeness (QED) is 0.610. The van der Waals surface area contributed by atoms with Crippen molar-refractivity contribution in [2.75, 3.05) is 35.4 Å². The van der Waals surface area contributed by atoms with Crippen molar-refractivity contribution < 1.29 is 14.2 Å². The van der Waals surface area contributed by atoms with E-state index in [1.165, 1.54) is 0 Å². The molecule has 0 atom stereocenters. The van der Waals surface area contributed by atoms with Gasteiger partial charge in [-0.3, -0.25) is 0 Å². The van der Waals surface area contributed by atoms with E-state index in [-0.39, 0.29) is 0 Å². The Hall–Kier alpha value is -2.89. The summed E-state index contributed by atoms with van der Waals surface area (Å²) in [5.41, 5.74) is 2.12. The average molecular weight is 357 g/mol. The molecule has 0 amide bonds. The summed E-state index contributed by atoms with van der Waals surface area (Å²) in [5, 5.41) is 3.37. The Labute approximate surface area is 155 Å². The molecule has 6 heteroatoms. The molecule has 0 saturated heterocycles. The molecule has 26 heavy (non-hydrogen) atoms. The van der Waals surface area contributed by atoms with Gasteiger partial charge in [0, 0.05) is 32.3 Å². The predicted molar refractivity (Wildman–Crippen MR) is 104 cm³/mol. The van der Waals surface area contributed by atoms with Crippen LogP contribution in [0, 0.1) is 0 Å². The molecule has 0 aliphatic carbocycles. The maximum atomic E-state index is 5.48. The second kappa shape index (κ2) is 9.56. The SMILES string of the molecule is COc1cc(OC)c(OC)cc1CNC(=NCc1ccccc1)N(C)C. The topological polar surface area (TPSA) is 55.3 Å². The summed E-state index contributed by atoms with van der Waals surface area (Å²) in [4.78, 5) is 6.63. The second-order valence-corrected chi connectivity index (χ2v) is 5.89. The van der Waals surface area contributed by atoms with Crippen LogP contribution in [-0.2, 0) is 13.1 Å². The first kappa shape index (κ1) is 19.4. The minimum Gasteiger partial charge on any atom is -0.496 e. The third-order valence-corrected chi connectivity index (χ3v) is 3.90. The lowest BCUT2D eigenvalue weighted by Gasteiger charge is -2.19. The van der Waals surface area contributed by atoms with Crippen LogP contribution in [-0.4, -0.2) is 46.3 Å². The van der Waals surface area contributed by atoms with E-state index < -0.39 is 0 Å². The van der Waals surface area contributed by atoms with Crippen LogP contribution in [0.15, 0.2) is 47.5 Å². The predicted octanol–water partition coefficient (Wildman–Crippen LogP) is 2.92. The molecule has 1 N–H and O–H groups in total. The summed E-state index contributed by atoms with van der Waals surface area (Å²) in [6.45, 7) is 1.17. The molecule has 0 spiro atoms. The van der Waals surface area contributed by atoms with Crippen molar-refractivity contribution in [3.63, 3.8) is 0 Å². The van der Waals surface area contributed by atoms with E-state index in [9.17, 15) is 0 Å². The van der Waals surface area contributed by atoms with E-state index in [0.29, 0.717) is 24.6 Å². The lowest BCUT2D eigenvalue weighted by Crippen LogP contribution is -2.36. The van der Waals surface area contributed by atoms with Crippen molar-refractivity contribution >= 4 is 5.96 Å². The van der Waals surface area contributed by atoms with E-state index in [4.69, 9.17) is 14.2 Å². The zero-order chi connectivity index (χ0) is 18.9. The molecule has 6 nitrogen and oxygen atoms in total. The summed E-state index contributed by atoms with van der Waals surface area (Å²) in [7, 11) is 8.79. The molecular weight excluding hydrogens is 330 g/mol. The number of ether oxygens (including phenoxy) is 3. The summed E-state index contributed by atoms with van der Waals surface area (Å²) in [6, 6.07) is 13.9. The first-order valence-corrected chi connectivity index (χ1v) is 8.37. The summed E-state index contributed by atoms with van der Waals surface area (Å²) < 4.78 is 16.2. The Morgan fingerprint density at radius 2 is 1.54 bits per heavy atom. The van der Waals surface area contributed by atoms with E-state index in [0.717, 1.165) is 22.8 Å². The number of nitrogens with zero attached hydrogens (tertiary/aromatic N) is 2. The molecule has 0 heterocycles. The van der Waals surface area contributed by atoms with Gasteiger partial charge < -0.3 is 24.4 Å². The Kier molecular flexibility index (Phi) is 7.14. The zero-order valence-electron chi connectivity index (χ0n) is 16.1. The van der Waals surface area contributed by atoms with Gasteiger partial charge >= 0.3 is 0 Å². The van der Waals surface area contributed by atoms with Crippen molar-refractivity contribution in [1.29, 1.82) is 0 Å². The van der Waals surface area contributed by atoms with Crippen molar-refractivity contribution in [3.05, 3.63) is 53.6 Å². The molecule has 0 aromatic heterocycles. The minimum atomic E-state index is 0.551. The van der Waals surface area contributed by atoms with Crippen molar-refractivity contribution in [2.24, 2.45) is 4.99 Å². The second-order valence-electron chi connectivity index (χ2n) is 5.89. The van der Waals surface area contributed by atoms with Gasteiger partial charge in [0.2, 0.25) is 0 Å². The molecule has 0 saturated carbocycles. The van der Waals surface area contributed by atoms with Crippen LogP contribution < -0.4 is 19.5 Å². The molecule has 0 bridgehead atoms. The first-order valence-electron chi connectivity index (χ1n) is 8.37. The van der Waals surface area contributed by atoms with Gasteiger partial charge in [-0.25, -0.2) is 4.99 Å². The van der Waals surface area contributed by atoms with Crippen molar-refractivity contribution in [2.45, 2.75) is 13.1 Å². The number of aliphatic imine (C=N–C) groups is 1. The maximum absolute atomic E-state index is 5.48. The minimum absolute atomic E-state index is 0.551. The molecule has 0 radical (unpaired) electrons. The van der Waals surface area contributed by atoms with Crippen LogP contribution >= 0.6 is 0 Å². The van der Waals surface area contributed by atoms with E-state index in [2.05, 4.69) is 22.4 Å². The largest absolute Gasteiger partial charge is 0.496 e. The molecule has 2 aromatic carbocycles. The number of guanidine groups is 1. The van der Waals surface area contributed by atoms with Gasteiger partial charge in [0.15, 0.2) is 17.5 Å². The highest BCUT2D eigenvalue weighted by atomic mass is 16.5. The van der Waals surface area contributed by atoms with Crippen LogP contribution in [0.5, 0.6) is 17.2 Å².